The highest BCUT2D eigenvalue weighted by Gasteiger charge is 2.23. The van der Waals surface area contributed by atoms with E-state index in [9.17, 15) is 9.59 Å². The molecule has 1 aliphatic rings. The molecule has 1 heterocycles. The third-order valence-electron chi connectivity index (χ3n) is 3.78. The van der Waals surface area contributed by atoms with Crippen molar-refractivity contribution in [2.45, 2.75) is 19.8 Å². The Bertz CT molecular complexity index is 490. The number of carbonyl (C=O) groups is 2. The molecule has 114 valence electrons. The molecule has 1 saturated heterocycles. The third kappa shape index (κ3) is 4.48. The van der Waals surface area contributed by atoms with Gasteiger partial charge in [0.2, 0.25) is 5.91 Å². The molecule has 0 radical (unpaired) electrons. The summed E-state index contributed by atoms with van der Waals surface area (Å²) in [4.78, 5) is 26.9. The number of aliphatic carboxylic acids is 1. The lowest BCUT2D eigenvalue weighted by Crippen LogP contribution is -2.45. The van der Waals surface area contributed by atoms with Crippen molar-refractivity contribution in [1.29, 1.82) is 0 Å². The van der Waals surface area contributed by atoms with Crippen LogP contribution in [0.3, 0.4) is 0 Å². The molecular weight excluding hydrogens is 268 g/mol. The second-order valence-electron chi connectivity index (χ2n) is 5.67. The molecule has 0 aliphatic carbocycles. The predicted octanol–water partition coefficient (Wildman–Crippen LogP) is 1.84. The number of carboxylic acid groups (broad SMARTS) is 1. The summed E-state index contributed by atoms with van der Waals surface area (Å²) in [6.45, 7) is 3.64. The molecule has 5 heteroatoms. The zero-order valence-electron chi connectivity index (χ0n) is 12.4. The molecule has 0 unspecified atom stereocenters. The van der Waals surface area contributed by atoms with Crippen molar-refractivity contribution < 1.29 is 14.7 Å². The number of anilines is 1. The molecule has 0 spiro atoms. The Kier molecular flexibility index (Phi) is 5.20. The van der Waals surface area contributed by atoms with Crippen LogP contribution in [0.25, 0.3) is 0 Å². The van der Waals surface area contributed by atoms with Crippen molar-refractivity contribution in [3.63, 3.8) is 0 Å². The van der Waals surface area contributed by atoms with Crippen molar-refractivity contribution in [1.82, 2.24) is 4.90 Å². The molecule has 1 aromatic rings. The van der Waals surface area contributed by atoms with E-state index in [2.05, 4.69) is 6.92 Å². The number of nitrogens with zero attached hydrogens (tertiary/aromatic N) is 2. The molecule has 1 N–H and O–H groups in total. The quantitative estimate of drug-likeness (QED) is 0.899. The second kappa shape index (κ2) is 7.11. The summed E-state index contributed by atoms with van der Waals surface area (Å²) in [6.07, 6.45) is 2.18. The van der Waals surface area contributed by atoms with E-state index in [1.165, 1.54) is 0 Å². The van der Waals surface area contributed by atoms with Gasteiger partial charge in [-0.05, 0) is 30.9 Å². The van der Waals surface area contributed by atoms with Gasteiger partial charge in [-0.3, -0.25) is 9.59 Å². The summed E-state index contributed by atoms with van der Waals surface area (Å²) >= 11 is 0. The van der Waals surface area contributed by atoms with E-state index in [0.29, 0.717) is 5.92 Å². The van der Waals surface area contributed by atoms with Gasteiger partial charge in [-0.15, -0.1) is 0 Å². The van der Waals surface area contributed by atoms with Crippen LogP contribution in [0.4, 0.5) is 5.69 Å². The maximum Gasteiger partial charge on any atom is 0.323 e. The van der Waals surface area contributed by atoms with E-state index in [4.69, 9.17) is 5.11 Å². The van der Waals surface area contributed by atoms with E-state index < -0.39 is 5.97 Å². The first-order valence-corrected chi connectivity index (χ1v) is 7.36. The molecule has 1 atom stereocenters. The van der Waals surface area contributed by atoms with E-state index in [1.807, 2.05) is 35.2 Å². The average molecular weight is 290 g/mol. The Morgan fingerprint density at radius 2 is 2.00 bits per heavy atom. The fourth-order valence-electron chi connectivity index (χ4n) is 2.72. The number of carboxylic acids is 1. The Morgan fingerprint density at radius 3 is 2.62 bits per heavy atom. The maximum absolute atomic E-state index is 12.4. The number of hydrogen-bond acceptors (Lipinski definition) is 3. The summed E-state index contributed by atoms with van der Waals surface area (Å²) < 4.78 is 0. The first-order chi connectivity index (χ1) is 10.1. The Labute approximate surface area is 125 Å². The summed E-state index contributed by atoms with van der Waals surface area (Å²) in [7, 11) is 0. The number of piperidine rings is 1. The van der Waals surface area contributed by atoms with Gasteiger partial charge in [0.15, 0.2) is 0 Å². The fourth-order valence-corrected chi connectivity index (χ4v) is 2.72. The molecule has 1 aliphatic heterocycles. The van der Waals surface area contributed by atoms with Crippen LogP contribution in [-0.2, 0) is 9.59 Å². The number of hydrogen-bond donors (Lipinski definition) is 1. The van der Waals surface area contributed by atoms with Gasteiger partial charge in [0.1, 0.15) is 6.54 Å². The molecule has 0 aromatic heterocycles. The highest BCUT2D eigenvalue weighted by atomic mass is 16.4. The second-order valence-corrected chi connectivity index (χ2v) is 5.67. The first kappa shape index (κ1) is 15.4. The maximum atomic E-state index is 12.4. The van der Waals surface area contributed by atoms with Gasteiger partial charge < -0.3 is 14.9 Å². The van der Waals surface area contributed by atoms with Crippen molar-refractivity contribution in [3.8, 4) is 0 Å². The van der Waals surface area contributed by atoms with Crippen LogP contribution >= 0.6 is 0 Å². The minimum Gasteiger partial charge on any atom is -0.480 e. The number of carbonyl (C=O) groups excluding carboxylic acids is 1. The van der Waals surface area contributed by atoms with Gasteiger partial charge in [0.25, 0.3) is 0 Å². The van der Waals surface area contributed by atoms with Crippen LogP contribution in [0.15, 0.2) is 30.3 Å². The summed E-state index contributed by atoms with van der Waals surface area (Å²) in [6, 6.07) is 9.22. The van der Waals surface area contributed by atoms with Crippen LogP contribution < -0.4 is 4.90 Å². The van der Waals surface area contributed by atoms with Crippen molar-refractivity contribution in [2.24, 2.45) is 5.92 Å². The number of amides is 1. The molecule has 0 saturated carbocycles. The van der Waals surface area contributed by atoms with E-state index in [1.54, 1.807) is 4.90 Å². The number of para-hydroxylation sites is 1. The fraction of sp³-hybridized carbons (Fsp3) is 0.500. The van der Waals surface area contributed by atoms with Crippen LogP contribution in [0, 0.1) is 5.92 Å². The van der Waals surface area contributed by atoms with Gasteiger partial charge in [0.05, 0.1) is 6.54 Å². The van der Waals surface area contributed by atoms with Crippen LogP contribution in [0.1, 0.15) is 19.8 Å². The summed E-state index contributed by atoms with van der Waals surface area (Å²) in [5, 5.41) is 9.04. The topological polar surface area (TPSA) is 60.9 Å². The highest BCUT2D eigenvalue weighted by Crippen LogP contribution is 2.17. The van der Waals surface area contributed by atoms with Gasteiger partial charge in [0, 0.05) is 18.8 Å². The van der Waals surface area contributed by atoms with Crippen LogP contribution in [0.5, 0.6) is 0 Å². The normalized spacial score (nSPS) is 18.3. The molecular formula is C16H22N2O3. The standard InChI is InChI=1S/C16H22N2O3/c1-13-6-5-9-17(10-13)15(19)11-18(12-16(20)21)14-7-3-2-4-8-14/h2-4,7-8,13H,5-6,9-12H2,1H3,(H,20,21)/t13-/m1/s1. The summed E-state index contributed by atoms with van der Waals surface area (Å²) in [5.41, 5.74) is 0.762. The van der Waals surface area contributed by atoms with Crippen LogP contribution in [-0.4, -0.2) is 48.1 Å². The van der Waals surface area contributed by atoms with Crippen molar-refractivity contribution >= 4 is 17.6 Å². The molecule has 1 amide bonds. The smallest absolute Gasteiger partial charge is 0.323 e. The molecule has 0 bridgehead atoms. The largest absolute Gasteiger partial charge is 0.480 e. The molecule has 2 rings (SSSR count). The lowest BCUT2D eigenvalue weighted by molar-refractivity contribution is -0.135. The SMILES string of the molecule is C[C@@H]1CCCN(C(=O)CN(CC(=O)O)c2ccccc2)C1. The summed E-state index contributed by atoms with van der Waals surface area (Å²) in [5.74, 6) is -0.405. The third-order valence-corrected chi connectivity index (χ3v) is 3.78. The van der Waals surface area contributed by atoms with Crippen LogP contribution in [0.2, 0.25) is 0 Å². The Hall–Kier alpha value is -2.04. The number of likely N-dealkylation sites (tertiary alicyclic amines) is 1. The minimum atomic E-state index is -0.932. The number of rotatable bonds is 5. The zero-order chi connectivity index (χ0) is 15.2. The van der Waals surface area contributed by atoms with Gasteiger partial charge >= 0.3 is 5.97 Å². The minimum absolute atomic E-state index is 0.00616. The zero-order valence-corrected chi connectivity index (χ0v) is 12.4. The van der Waals surface area contributed by atoms with Gasteiger partial charge in [-0.2, -0.15) is 0 Å². The monoisotopic (exact) mass is 290 g/mol. The van der Waals surface area contributed by atoms with Gasteiger partial charge in [-0.25, -0.2) is 0 Å². The van der Waals surface area contributed by atoms with E-state index in [0.717, 1.165) is 31.6 Å². The Morgan fingerprint density at radius 1 is 1.29 bits per heavy atom. The predicted molar refractivity (Wildman–Crippen MR) is 81.3 cm³/mol. The molecule has 1 fully saturated rings. The van der Waals surface area contributed by atoms with Gasteiger partial charge in [-0.1, -0.05) is 25.1 Å². The lowest BCUT2D eigenvalue weighted by Gasteiger charge is -2.33. The Balaban J connectivity index is 2.04. The van der Waals surface area contributed by atoms with E-state index >= 15 is 0 Å². The molecule has 5 nitrogen and oxygen atoms in total. The molecule has 21 heavy (non-hydrogen) atoms. The van der Waals surface area contributed by atoms with E-state index in [-0.39, 0.29) is 19.0 Å². The van der Waals surface area contributed by atoms with Crippen molar-refractivity contribution in [3.05, 3.63) is 30.3 Å². The first-order valence-electron chi connectivity index (χ1n) is 7.36. The lowest BCUT2D eigenvalue weighted by atomic mass is 10.0. The molecule has 1 aromatic carbocycles. The average Bonchev–Trinajstić information content (AvgIpc) is 2.47. The highest BCUT2D eigenvalue weighted by molar-refractivity contribution is 5.84. The number of benzene rings is 1. The van der Waals surface area contributed by atoms with Crippen molar-refractivity contribution in [2.75, 3.05) is 31.1 Å².